The lowest BCUT2D eigenvalue weighted by atomic mass is 10.3. The number of halogens is 1. The number of benzene rings is 1. The second-order valence-electron chi connectivity index (χ2n) is 3.45. The van der Waals surface area contributed by atoms with Gasteiger partial charge in [-0.1, -0.05) is 0 Å². The molecular weight excluding hydrogens is 237 g/mol. The average Bonchev–Trinajstić information content (AvgIpc) is 2.79. The fourth-order valence-electron chi connectivity index (χ4n) is 1.35. The summed E-state index contributed by atoms with van der Waals surface area (Å²) >= 11 is 0. The van der Waals surface area contributed by atoms with Crippen LogP contribution in [-0.4, -0.2) is 20.7 Å². The minimum atomic E-state index is -0.376. The molecule has 0 aliphatic heterocycles. The standard InChI is InChI=1S/C11H8FN5O/c12-8-1-3-9(4-2-8)15-11(18)6-17-7-14-16-10(17)5-13/h1-4,7H,6H2,(H,15,18). The first-order valence-corrected chi connectivity index (χ1v) is 5.02. The fraction of sp³-hybridized carbons (Fsp3) is 0.0909. The van der Waals surface area contributed by atoms with Crippen molar-refractivity contribution < 1.29 is 9.18 Å². The summed E-state index contributed by atoms with van der Waals surface area (Å²) in [4.78, 5) is 11.6. The molecule has 0 fully saturated rings. The van der Waals surface area contributed by atoms with Gasteiger partial charge in [0.2, 0.25) is 11.7 Å². The van der Waals surface area contributed by atoms with Crippen LogP contribution in [0.3, 0.4) is 0 Å². The molecule has 90 valence electrons. The van der Waals surface area contributed by atoms with Gasteiger partial charge in [-0.3, -0.25) is 9.36 Å². The van der Waals surface area contributed by atoms with Crippen LogP contribution in [0.1, 0.15) is 5.82 Å². The van der Waals surface area contributed by atoms with Crippen LogP contribution in [0.25, 0.3) is 0 Å². The predicted molar refractivity (Wildman–Crippen MR) is 59.8 cm³/mol. The summed E-state index contributed by atoms with van der Waals surface area (Å²) in [7, 11) is 0. The number of hydrogen-bond acceptors (Lipinski definition) is 4. The van der Waals surface area contributed by atoms with Crippen molar-refractivity contribution >= 4 is 11.6 Å². The third-order valence-corrected chi connectivity index (χ3v) is 2.16. The molecule has 1 amide bonds. The van der Waals surface area contributed by atoms with E-state index in [2.05, 4.69) is 15.5 Å². The number of anilines is 1. The second-order valence-corrected chi connectivity index (χ2v) is 3.45. The van der Waals surface area contributed by atoms with E-state index < -0.39 is 0 Å². The van der Waals surface area contributed by atoms with E-state index in [1.54, 1.807) is 0 Å². The normalized spacial score (nSPS) is 9.78. The van der Waals surface area contributed by atoms with Crippen LogP contribution in [0.5, 0.6) is 0 Å². The molecule has 0 spiro atoms. The Morgan fingerprint density at radius 3 is 2.83 bits per heavy atom. The van der Waals surface area contributed by atoms with Gasteiger partial charge >= 0.3 is 0 Å². The molecule has 18 heavy (non-hydrogen) atoms. The fourth-order valence-corrected chi connectivity index (χ4v) is 1.35. The van der Waals surface area contributed by atoms with Crippen molar-refractivity contribution in [2.75, 3.05) is 5.32 Å². The second kappa shape index (κ2) is 5.05. The predicted octanol–water partition coefficient (Wildman–Crippen LogP) is 0.928. The summed E-state index contributed by atoms with van der Waals surface area (Å²) in [5.41, 5.74) is 0.480. The van der Waals surface area contributed by atoms with Crippen LogP contribution in [0, 0.1) is 17.1 Å². The number of nitrogens with one attached hydrogen (secondary N) is 1. The molecule has 0 radical (unpaired) electrons. The van der Waals surface area contributed by atoms with Crippen LogP contribution < -0.4 is 5.32 Å². The van der Waals surface area contributed by atoms with Gasteiger partial charge in [0.15, 0.2) is 0 Å². The molecule has 0 atom stereocenters. The smallest absolute Gasteiger partial charge is 0.244 e. The van der Waals surface area contributed by atoms with Crippen LogP contribution in [0.4, 0.5) is 10.1 Å². The molecule has 0 saturated heterocycles. The van der Waals surface area contributed by atoms with Crippen molar-refractivity contribution in [3.05, 3.63) is 42.2 Å². The third kappa shape index (κ3) is 2.68. The van der Waals surface area contributed by atoms with Crippen molar-refractivity contribution in [2.24, 2.45) is 0 Å². The van der Waals surface area contributed by atoms with Gasteiger partial charge in [0.1, 0.15) is 24.8 Å². The van der Waals surface area contributed by atoms with E-state index in [0.29, 0.717) is 5.69 Å². The van der Waals surface area contributed by atoms with E-state index >= 15 is 0 Å². The summed E-state index contributed by atoms with van der Waals surface area (Å²) in [6.07, 6.45) is 1.29. The van der Waals surface area contributed by atoms with Crippen molar-refractivity contribution in [3.8, 4) is 6.07 Å². The number of amides is 1. The molecule has 1 aromatic heterocycles. The molecule has 1 heterocycles. The summed E-state index contributed by atoms with van der Waals surface area (Å²) in [5, 5.41) is 18.3. The van der Waals surface area contributed by atoms with Gasteiger partial charge in [-0.25, -0.2) is 4.39 Å². The van der Waals surface area contributed by atoms with E-state index in [1.807, 2.05) is 6.07 Å². The zero-order valence-corrected chi connectivity index (χ0v) is 9.17. The Labute approximate surface area is 102 Å². The number of carbonyl (C=O) groups is 1. The molecule has 2 aromatic rings. The van der Waals surface area contributed by atoms with E-state index in [-0.39, 0.29) is 24.1 Å². The monoisotopic (exact) mass is 245 g/mol. The van der Waals surface area contributed by atoms with Gasteiger partial charge in [0.05, 0.1) is 0 Å². The quantitative estimate of drug-likeness (QED) is 0.871. The molecule has 0 saturated carbocycles. The Balaban J connectivity index is 2.01. The molecule has 0 bridgehead atoms. The highest BCUT2D eigenvalue weighted by atomic mass is 19.1. The Bertz CT molecular complexity index is 599. The van der Waals surface area contributed by atoms with Crippen LogP contribution in [-0.2, 0) is 11.3 Å². The third-order valence-electron chi connectivity index (χ3n) is 2.16. The molecule has 1 aromatic carbocycles. The molecule has 0 aliphatic carbocycles. The summed E-state index contributed by atoms with van der Waals surface area (Å²) < 4.78 is 14.0. The van der Waals surface area contributed by atoms with Crippen molar-refractivity contribution in [2.45, 2.75) is 6.54 Å². The Morgan fingerprint density at radius 2 is 2.17 bits per heavy atom. The van der Waals surface area contributed by atoms with E-state index in [1.165, 1.54) is 35.2 Å². The van der Waals surface area contributed by atoms with Crippen molar-refractivity contribution in [1.29, 1.82) is 5.26 Å². The lowest BCUT2D eigenvalue weighted by molar-refractivity contribution is -0.116. The van der Waals surface area contributed by atoms with Crippen LogP contribution in [0.15, 0.2) is 30.6 Å². The van der Waals surface area contributed by atoms with Gasteiger partial charge in [-0.05, 0) is 24.3 Å². The van der Waals surface area contributed by atoms with Crippen LogP contribution >= 0.6 is 0 Å². The van der Waals surface area contributed by atoms with E-state index in [0.717, 1.165) is 0 Å². The lowest BCUT2D eigenvalue weighted by Crippen LogP contribution is -2.19. The van der Waals surface area contributed by atoms with Gasteiger partial charge < -0.3 is 5.32 Å². The Morgan fingerprint density at radius 1 is 1.44 bits per heavy atom. The summed E-state index contributed by atoms with van der Waals surface area (Å²) in [6.45, 7) is -0.0761. The minimum Gasteiger partial charge on any atom is -0.325 e. The number of rotatable bonds is 3. The molecule has 1 N–H and O–H groups in total. The largest absolute Gasteiger partial charge is 0.325 e. The van der Waals surface area contributed by atoms with Crippen LogP contribution in [0.2, 0.25) is 0 Å². The summed E-state index contributed by atoms with van der Waals surface area (Å²) in [5.74, 6) is -0.666. The number of hydrogen-bond donors (Lipinski definition) is 1. The number of nitriles is 1. The first-order chi connectivity index (χ1) is 8.69. The SMILES string of the molecule is N#Cc1nncn1CC(=O)Nc1ccc(F)cc1. The molecular formula is C11H8FN5O. The maximum Gasteiger partial charge on any atom is 0.244 e. The first-order valence-electron chi connectivity index (χ1n) is 5.02. The lowest BCUT2D eigenvalue weighted by Gasteiger charge is -2.05. The maximum absolute atomic E-state index is 12.7. The highest BCUT2D eigenvalue weighted by Crippen LogP contribution is 2.08. The number of nitrogens with zero attached hydrogens (tertiary/aromatic N) is 4. The highest BCUT2D eigenvalue weighted by Gasteiger charge is 2.08. The van der Waals surface area contributed by atoms with E-state index in [9.17, 15) is 9.18 Å². The highest BCUT2D eigenvalue weighted by molar-refractivity contribution is 5.90. The number of aromatic nitrogens is 3. The maximum atomic E-state index is 12.7. The van der Waals surface area contributed by atoms with Gasteiger partial charge in [-0.2, -0.15) is 5.26 Å². The van der Waals surface area contributed by atoms with Crippen molar-refractivity contribution in [1.82, 2.24) is 14.8 Å². The Hall–Kier alpha value is -2.75. The van der Waals surface area contributed by atoms with Gasteiger partial charge in [-0.15, -0.1) is 10.2 Å². The molecule has 6 nitrogen and oxygen atoms in total. The first kappa shape index (κ1) is 11.7. The van der Waals surface area contributed by atoms with Gasteiger partial charge in [0, 0.05) is 5.69 Å². The molecule has 2 rings (SSSR count). The van der Waals surface area contributed by atoms with Gasteiger partial charge in [0.25, 0.3) is 0 Å². The molecule has 0 aliphatic rings. The van der Waals surface area contributed by atoms with Crippen molar-refractivity contribution in [3.63, 3.8) is 0 Å². The zero-order chi connectivity index (χ0) is 13.0. The average molecular weight is 245 g/mol. The summed E-state index contributed by atoms with van der Waals surface area (Å²) in [6, 6.07) is 7.20. The molecule has 7 heteroatoms. The zero-order valence-electron chi connectivity index (χ0n) is 9.17. The topological polar surface area (TPSA) is 83.6 Å². The van der Waals surface area contributed by atoms with E-state index in [4.69, 9.17) is 5.26 Å². The Kier molecular flexibility index (Phi) is 3.29. The minimum absolute atomic E-state index is 0.0595. The molecule has 0 unspecified atom stereocenters. The number of carbonyl (C=O) groups excluding carboxylic acids is 1.